The molecule has 1 aliphatic heterocycles. The SMILES string of the molecule is CCC(C)NCC(=O)N1CCCN(CC(N)=O)CC1. The largest absolute Gasteiger partial charge is 0.369 e. The van der Waals surface area contributed by atoms with E-state index >= 15 is 0 Å². The highest BCUT2D eigenvalue weighted by atomic mass is 16.2. The summed E-state index contributed by atoms with van der Waals surface area (Å²) in [4.78, 5) is 26.8. The van der Waals surface area contributed by atoms with Crippen molar-refractivity contribution in [2.45, 2.75) is 32.7 Å². The van der Waals surface area contributed by atoms with E-state index in [1.54, 1.807) is 0 Å². The van der Waals surface area contributed by atoms with Crippen molar-refractivity contribution < 1.29 is 9.59 Å². The number of amides is 2. The van der Waals surface area contributed by atoms with Crippen LogP contribution in [-0.4, -0.2) is 66.9 Å². The molecule has 1 fully saturated rings. The Kier molecular flexibility index (Phi) is 6.80. The number of carbonyl (C=O) groups is 2. The van der Waals surface area contributed by atoms with Crippen LogP contribution in [0, 0.1) is 0 Å². The van der Waals surface area contributed by atoms with Crippen LogP contribution in [0.25, 0.3) is 0 Å². The Balaban J connectivity index is 2.35. The third-order valence-corrected chi connectivity index (χ3v) is 3.53. The second-order valence-electron chi connectivity index (χ2n) is 5.17. The van der Waals surface area contributed by atoms with Gasteiger partial charge in [-0.25, -0.2) is 0 Å². The predicted octanol–water partition coefficient (Wildman–Crippen LogP) is -0.606. The van der Waals surface area contributed by atoms with Crippen LogP contribution in [0.15, 0.2) is 0 Å². The van der Waals surface area contributed by atoms with Gasteiger partial charge >= 0.3 is 0 Å². The molecule has 19 heavy (non-hydrogen) atoms. The molecule has 6 nitrogen and oxygen atoms in total. The van der Waals surface area contributed by atoms with E-state index in [4.69, 9.17) is 5.73 Å². The summed E-state index contributed by atoms with van der Waals surface area (Å²) in [5, 5.41) is 3.21. The Morgan fingerprint density at radius 2 is 2.00 bits per heavy atom. The molecule has 0 saturated carbocycles. The van der Waals surface area contributed by atoms with E-state index in [2.05, 4.69) is 19.2 Å². The maximum absolute atomic E-state index is 12.1. The normalized spacial score (nSPS) is 18.9. The van der Waals surface area contributed by atoms with Gasteiger partial charge in [0.05, 0.1) is 13.1 Å². The highest BCUT2D eigenvalue weighted by Crippen LogP contribution is 2.03. The molecule has 0 aliphatic carbocycles. The van der Waals surface area contributed by atoms with Crippen molar-refractivity contribution >= 4 is 11.8 Å². The summed E-state index contributed by atoms with van der Waals surface area (Å²) in [6, 6.07) is 0.363. The Morgan fingerprint density at radius 3 is 2.63 bits per heavy atom. The van der Waals surface area contributed by atoms with Crippen molar-refractivity contribution in [2.24, 2.45) is 5.73 Å². The van der Waals surface area contributed by atoms with Gasteiger partial charge in [0, 0.05) is 32.2 Å². The van der Waals surface area contributed by atoms with Crippen LogP contribution in [0.4, 0.5) is 0 Å². The smallest absolute Gasteiger partial charge is 0.236 e. The minimum atomic E-state index is -0.307. The van der Waals surface area contributed by atoms with Crippen LogP contribution in [0.1, 0.15) is 26.7 Å². The standard InChI is InChI=1S/C13H26N4O2/c1-3-11(2)15-9-13(19)17-6-4-5-16(7-8-17)10-12(14)18/h11,15H,3-10H2,1-2H3,(H2,14,18). The molecule has 1 aliphatic rings. The first-order chi connectivity index (χ1) is 9.02. The zero-order valence-corrected chi connectivity index (χ0v) is 12.0. The molecule has 0 radical (unpaired) electrons. The van der Waals surface area contributed by atoms with Gasteiger partial charge in [-0.1, -0.05) is 6.92 Å². The van der Waals surface area contributed by atoms with Crippen LogP contribution in [0.3, 0.4) is 0 Å². The molecule has 6 heteroatoms. The minimum absolute atomic E-state index is 0.140. The minimum Gasteiger partial charge on any atom is -0.369 e. The number of hydrogen-bond donors (Lipinski definition) is 2. The Morgan fingerprint density at radius 1 is 1.26 bits per heavy atom. The maximum Gasteiger partial charge on any atom is 0.236 e. The number of hydrogen-bond acceptors (Lipinski definition) is 4. The number of rotatable bonds is 6. The molecule has 1 heterocycles. The molecular weight excluding hydrogens is 244 g/mol. The maximum atomic E-state index is 12.1. The first-order valence-corrected chi connectivity index (χ1v) is 7.04. The number of nitrogens with two attached hydrogens (primary N) is 1. The molecule has 110 valence electrons. The molecule has 0 aromatic carbocycles. The third-order valence-electron chi connectivity index (χ3n) is 3.53. The first-order valence-electron chi connectivity index (χ1n) is 7.04. The van der Waals surface area contributed by atoms with E-state index in [1.807, 2.05) is 9.80 Å². The predicted molar refractivity (Wildman–Crippen MR) is 74.6 cm³/mol. The molecule has 2 amide bonds. The summed E-state index contributed by atoms with van der Waals surface area (Å²) < 4.78 is 0. The van der Waals surface area contributed by atoms with Crippen LogP contribution >= 0.6 is 0 Å². The van der Waals surface area contributed by atoms with Gasteiger partial charge in [0.25, 0.3) is 0 Å². The quantitative estimate of drug-likeness (QED) is 0.675. The summed E-state index contributed by atoms with van der Waals surface area (Å²) in [6.45, 7) is 7.83. The fourth-order valence-corrected chi connectivity index (χ4v) is 2.12. The van der Waals surface area contributed by atoms with Crippen LogP contribution in [-0.2, 0) is 9.59 Å². The molecule has 0 aromatic heterocycles. The van der Waals surface area contributed by atoms with Gasteiger partial charge in [0.1, 0.15) is 0 Å². The van der Waals surface area contributed by atoms with Gasteiger partial charge in [-0.05, 0) is 19.8 Å². The Bertz CT molecular complexity index is 309. The van der Waals surface area contributed by atoms with E-state index in [9.17, 15) is 9.59 Å². The topological polar surface area (TPSA) is 78.7 Å². The van der Waals surface area contributed by atoms with Gasteiger partial charge in [-0.3, -0.25) is 14.5 Å². The molecule has 0 bridgehead atoms. The number of carbonyl (C=O) groups excluding carboxylic acids is 2. The summed E-state index contributed by atoms with van der Waals surface area (Å²) in [7, 11) is 0. The monoisotopic (exact) mass is 270 g/mol. The third kappa shape index (κ3) is 6.02. The van der Waals surface area contributed by atoms with Crippen molar-refractivity contribution in [2.75, 3.05) is 39.3 Å². The molecule has 0 spiro atoms. The van der Waals surface area contributed by atoms with Gasteiger partial charge in [0.2, 0.25) is 11.8 Å². The summed E-state index contributed by atoms with van der Waals surface area (Å²) in [5.74, 6) is -0.167. The lowest BCUT2D eigenvalue weighted by molar-refractivity contribution is -0.130. The fourth-order valence-electron chi connectivity index (χ4n) is 2.12. The first kappa shape index (κ1) is 15.9. The van der Waals surface area contributed by atoms with E-state index in [0.29, 0.717) is 19.1 Å². The van der Waals surface area contributed by atoms with Crippen molar-refractivity contribution in [3.05, 3.63) is 0 Å². The van der Waals surface area contributed by atoms with Crippen molar-refractivity contribution in [1.82, 2.24) is 15.1 Å². The van der Waals surface area contributed by atoms with E-state index in [0.717, 1.165) is 32.5 Å². The second kappa shape index (κ2) is 8.12. The van der Waals surface area contributed by atoms with Crippen molar-refractivity contribution in [1.29, 1.82) is 0 Å². The van der Waals surface area contributed by atoms with Gasteiger partial charge in [0.15, 0.2) is 0 Å². The lowest BCUT2D eigenvalue weighted by atomic mass is 10.2. The van der Waals surface area contributed by atoms with Gasteiger partial charge in [-0.2, -0.15) is 0 Å². The average Bonchev–Trinajstić information content (AvgIpc) is 2.60. The molecule has 3 N–H and O–H groups in total. The van der Waals surface area contributed by atoms with E-state index in [1.165, 1.54) is 0 Å². The lowest BCUT2D eigenvalue weighted by Crippen LogP contribution is -2.43. The molecule has 1 atom stereocenters. The number of nitrogens with zero attached hydrogens (tertiary/aromatic N) is 2. The Labute approximate surface area is 115 Å². The molecular formula is C13H26N4O2. The fraction of sp³-hybridized carbons (Fsp3) is 0.846. The second-order valence-corrected chi connectivity index (χ2v) is 5.17. The Hall–Kier alpha value is -1.14. The van der Waals surface area contributed by atoms with Gasteiger partial charge < -0.3 is 16.0 Å². The summed E-state index contributed by atoms with van der Waals surface area (Å²) in [5.41, 5.74) is 5.19. The molecule has 0 aromatic rings. The van der Waals surface area contributed by atoms with Crippen LogP contribution in [0.5, 0.6) is 0 Å². The number of primary amides is 1. The van der Waals surface area contributed by atoms with E-state index in [-0.39, 0.29) is 18.4 Å². The molecule has 1 saturated heterocycles. The highest BCUT2D eigenvalue weighted by Gasteiger charge is 2.19. The molecule has 1 rings (SSSR count). The van der Waals surface area contributed by atoms with Crippen molar-refractivity contribution in [3.8, 4) is 0 Å². The summed E-state index contributed by atoms with van der Waals surface area (Å²) in [6.07, 6.45) is 1.90. The van der Waals surface area contributed by atoms with E-state index < -0.39 is 0 Å². The average molecular weight is 270 g/mol. The van der Waals surface area contributed by atoms with Gasteiger partial charge in [-0.15, -0.1) is 0 Å². The zero-order chi connectivity index (χ0) is 14.3. The van der Waals surface area contributed by atoms with Crippen LogP contribution in [0.2, 0.25) is 0 Å². The lowest BCUT2D eigenvalue weighted by Gasteiger charge is -2.22. The summed E-state index contributed by atoms with van der Waals surface area (Å²) >= 11 is 0. The zero-order valence-electron chi connectivity index (χ0n) is 12.0. The molecule has 1 unspecified atom stereocenters. The van der Waals surface area contributed by atoms with Crippen molar-refractivity contribution in [3.63, 3.8) is 0 Å². The highest BCUT2D eigenvalue weighted by molar-refractivity contribution is 5.78. The number of nitrogens with one attached hydrogen (secondary N) is 1. The van der Waals surface area contributed by atoms with Crippen LogP contribution < -0.4 is 11.1 Å².